The molecule has 3 rings (SSSR count). The van der Waals surface area contributed by atoms with Crippen LogP contribution in [0.3, 0.4) is 0 Å². The highest BCUT2D eigenvalue weighted by molar-refractivity contribution is 5.94. The summed E-state index contributed by atoms with van der Waals surface area (Å²) < 4.78 is 50.3. The van der Waals surface area contributed by atoms with Crippen LogP contribution in [0.25, 0.3) is 11.1 Å². The predicted molar refractivity (Wildman–Crippen MR) is 121 cm³/mol. The molecule has 9 heteroatoms. The maximum Gasteiger partial charge on any atom is 0.419 e. The van der Waals surface area contributed by atoms with E-state index in [2.05, 4.69) is 0 Å². The monoisotopic (exact) mass is 488 g/mol. The second-order valence-corrected chi connectivity index (χ2v) is 8.03. The number of carboxylic acids is 1. The second-order valence-electron chi connectivity index (χ2n) is 8.03. The minimum absolute atomic E-state index is 0.0410. The number of ether oxygens (including phenoxy) is 2. The van der Waals surface area contributed by atoms with Crippen LogP contribution in [-0.2, 0) is 28.7 Å². The van der Waals surface area contributed by atoms with Crippen LogP contribution in [0, 0.1) is 0 Å². The predicted octanol–water partition coefficient (Wildman–Crippen LogP) is 5.85. The van der Waals surface area contributed by atoms with E-state index < -0.39 is 41.1 Å². The van der Waals surface area contributed by atoms with Gasteiger partial charge in [0.05, 0.1) is 18.1 Å². The summed E-state index contributed by atoms with van der Waals surface area (Å²) in [6, 6.07) is 15.6. The summed E-state index contributed by atoms with van der Waals surface area (Å²) in [5.74, 6) is -2.81. The van der Waals surface area contributed by atoms with Crippen LogP contribution >= 0.6 is 0 Å². The van der Waals surface area contributed by atoms with Gasteiger partial charge >= 0.3 is 18.1 Å². The van der Waals surface area contributed by atoms with Crippen molar-refractivity contribution in [2.45, 2.75) is 39.2 Å². The quantitative estimate of drug-likeness (QED) is 0.387. The van der Waals surface area contributed by atoms with E-state index in [1.165, 1.54) is 0 Å². The van der Waals surface area contributed by atoms with Gasteiger partial charge in [-0.2, -0.15) is 13.2 Å². The highest BCUT2D eigenvalue weighted by atomic mass is 19.4. The Kier molecular flexibility index (Phi) is 7.68. The lowest BCUT2D eigenvalue weighted by Crippen LogP contribution is -2.17. The molecule has 0 saturated carbocycles. The van der Waals surface area contributed by atoms with Gasteiger partial charge in [0.15, 0.2) is 0 Å². The molecule has 0 saturated heterocycles. The number of rotatable bonds is 8. The summed E-state index contributed by atoms with van der Waals surface area (Å²) in [6.07, 6.45) is -5.52. The van der Waals surface area contributed by atoms with Gasteiger partial charge < -0.3 is 19.7 Å². The van der Waals surface area contributed by atoms with E-state index in [1.54, 1.807) is 62.4 Å². The molecule has 35 heavy (non-hydrogen) atoms. The Morgan fingerprint density at radius 3 is 2.00 bits per heavy atom. The Labute approximate surface area is 199 Å². The molecular formula is C26H23F3O6. The van der Waals surface area contributed by atoms with Gasteiger partial charge in [-0.1, -0.05) is 42.5 Å². The molecule has 0 amide bonds. The number of hydrogen-bond donors (Lipinski definition) is 2. The fourth-order valence-electron chi connectivity index (χ4n) is 3.38. The average Bonchev–Trinajstić information content (AvgIpc) is 2.76. The van der Waals surface area contributed by atoms with E-state index in [4.69, 9.17) is 14.6 Å². The molecule has 0 radical (unpaired) electrons. The normalized spacial score (nSPS) is 11.4. The number of phenols is 1. The highest BCUT2D eigenvalue weighted by Crippen LogP contribution is 2.39. The summed E-state index contributed by atoms with van der Waals surface area (Å²) in [7, 11) is 0. The first-order valence-electron chi connectivity index (χ1n) is 10.6. The van der Waals surface area contributed by atoms with Crippen molar-refractivity contribution in [3.8, 4) is 22.6 Å². The number of hydrogen-bond acceptors (Lipinski definition) is 5. The fraction of sp³-hybridized carbons (Fsp3) is 0.231. The molecule has 0 aliphatic carbocycles. The molecule has 6 nitrogen and oxygen atoms in total. The standard InChI is InChI=1S/C26H23F3O6/c1-15(2)35-25(33)23-19(9-12-21(24(23)32)26(27,28)29)14-34-20-10-7-18(8-11-20)17-5-3-16(4-6-17)13-22(30)31/h3-12,15,32H,13-14H2,1-2H3,(H,30,31). The minimum atomic E-state index is -4.85. The van der Waals surface area contributed by atoms with Crippen molar-refractivity contribution in [1.82, 2.24) is 0 Å². The SMILES string of the molecule is CC(C)OC(=O)c1c(COc2ccc(-c3ccc(CC(=O)O)cc3)cc2)ccc(C(F)(F)F)c1O. The molecular weight excluding hydrogens is 465 g/mol. The lowest BCUT2D eigenvalue weighted by atomic mass is 10.0. The summed E-state index contributed by atoms with van der Waals surface area (Å²) in [5, 5.41) is 19.1. The van der Waals surface area contributed by atoms with E-state index in [0.717, 1.165) is 17.2 Å². The number of carbonyl (C=O) groups is 2. The first kappa shape index (κ1) is 25.6. The molecule has 0 spiro atoms. The number of aliphatic carboxylic acids is 1. The van der Waals surface area contributed by atoms with Crippen LogP contribution in [0.5, 0.6) is 11.5 Å². The van der Waals surface area contributed by atoms with Gasteiger partial charge in [-0.15, -0.1) is 0 Å². The van der Waals surface area contributed by atoms with Gasteiger partial charge in [0.25, 0.3) is 0 Å². The summed E-state index contributed by atoms with van der Waals surface area (Å²) >= 11 is 0. The summed E-state index contributed by atoms with van der Waals surface area (Å²) in [5.41, 5.74) is 0.485. The molecule has 0 aliphatic heterocycles. The molecule has 0 fully saturated rings. The van der Waals surface area contributed by atoms with Crippen molar-refractivity contribution in [1.29, 1.82) is 0 Å². The Balaban J connectivity index is 1.79. The molecule has 0 unspecified atom stereocenters. The third-order valence-electron chi connectivity index (χ3n) is 5.01. The molecule has 3 aromatic rings. The lowest BCUT2D eigenvalue weighted by Gasteiger charge is -2.17. The zero-order chi connectivity index (χ0) is 25.8. The summed E-state index contributed by atoms with van der Waals surface area (Å²) in [4.78, 5) is 23.2. The van der Waals surface area contributed by atoms with Gasteiger partial charge in [0.1, 0.15) is 23.7 Å². The van der Waals surface area contributed by atoms with Gasteiger partial charge in [-0.3, -0.25) is 4.79 Å². The van der Waals surface area contributed by atoms with E-state index in [1.807, 2.05) is 0 Å². The molecule has 0 aliphatic rings. The number of benzene rings is 3. The zero-order valence-corrected chi connectivity index (χ0v) is 18.9. The Morgan fingerprint density at radius 1 is 0.914 bits per heavy atom. The lowest BCUT2D eigenvalue weighted by molar-refractivity contribution is -0.139. The number of halogens is 3. The van der Waals surface area contributed by atoms with Crippen molar-refractivity contribution in [3.63, 3.8) is 0 Å². The smallest absolute Gasteiger partial charge is 0.419 e. The number of esters is 1. The Bertz CT molecular complexity index is 1200. The Hall–Kier alpha value is -4.01. The molecule has 0 aromatic heterocycles. The van der Waals surface area contributed by atoms with Crippen LogP contribution < -0.4 is 4.74 Å². The van der Waals surface area contributed by atoms with Crippen LogP contribution in [0.15, 0.2) is 60.7 Å². The molecule has 0 heterocycles. The minimum Gasteiger partial charge on any atom is -0.506 e. The third kappa shape index (κ3) is 6.53. The molecule has 0 atom stereocenters. The van der Waals surface area contributed by atoms with Crippen molar-refractivity contribution < 1.29 is 42.4 Å². The van der Waals surface area contributed by atoms with E-state index in [0.29, 0.717) is 17.4 Å². The number of carboxylic acid groups (broad SMARTS) is 1. The number of carbonyl (C=O) groups excluding carboxylic acids is 1. The average molecular weight is 488 g/mol. The highest BCUT2D eigenvalue weighted by Gasteiger charge is 2.37. The van der Waals surface area contributed by atoms with Crippen LogP contribution in [0.4, 0.5) is 13.2 Å². The molecule has 0 bridgehead atoms. The maximum absolute atomic E-state index is 13.2. The first-order chi connectivity index (χ1) is 16.5. The first-order valence-corrected chi connectivity index (χ1v) is 10.6. The van der Waals surface area contributed by atoms with Crippen LogP contribution in [0.1, 0.15) is 40.9 Å². The molecule has 2 N–H and O–H groups in total. The zero-order valence-electron chi connectivity index (χ0n) is 18.9. The maximum atomic E-state index is 13.2. The Morgan fingerprint density at radius 2 is 1.49 bits per heavy atom. The van der Waals surface area contributed by atoms with Gasteiger partial charge in [-0.25, -0.2) is 4.79 Å². The largest absolute Gasteiger partial charge is 0.506 e. The number of phenolic OH excluding ortho intramolecular Hbond substituents is 1. The van der Waals surface area contributed by atoms with Crippen LogP contribution in [-0.4, -0.2) is 28.3 Å². The topological polar surface area (TPSA) is 93.1 Å². The van der Waals surface area contributed by atoms with Crippen molar-refractivity contribution in [2.24, 2.45) is 0 Å². The fourth-order valence-corrected chi connectivity index (χ4v) is 3.38. The van der Waals surface area contributed by atoms with E-state index >= 15 is 0 Å². The number of alkyl halides is 3. The van der Waals surface area contributed by atoms with Crippen molar-refractivity contribution in [2.75, 3.05) is 0 Å². The van der Waals surface area contributed by atoms with E-state index in [9.17, 15) is 27.9 Å². The second kappa shape index (κ2) is 10.5. The third-order valence-corrected chi connectivity index (χ3v) is 5.01. The van der Waals surface area contributed by atoms with Gasteiger partial charge in [0.2, 0.25) is 0 Å². The van der Waals surface area contributed by atoms with E-state index in [-0.39, 0.29) is 18.6 Å². The van der Waals surface area contributed by atoms with Gasteiger partial charge in [0, 0.05) is 5.56 Å². The number of aromatic hydroxyl groups is 1. The molecule has 184 valence electrons. The summed E-state index contributed by atoms with van der Waals surface area (Å²) in [6.45, 7) is 2.80. The van der Waals surface area contributed by atoms with Crippen LogP contribution in [0.2, 0.25) is 0 Å². The van der Waals surface area contributed by atoms with Gasteiger partial charge in [-0.05, 0) is 48.7 Å². The molecule has 3 aromatic carbocycles. The van der Waals surface area contributed by atoms with Crippen molar-refractivity contribution in [3.05, 3.63) is 82.9 Å². The van der Waals surface area contributed by atoms with Crippen molar-refractivity contribution >= 4 is 11.9 Å².